The first-order chi connectivity index (χ1) is 17.6. The standard InChI is InChI=1S/C23H22ClFN6O5S/c1-23(2)20(32)29-19-13(36-23)6-7-16(28-19)27-18-12(25)10-26-22(30-18)31(21(24)37)11-8-14(33-3)17(35-5)15(9-11)34-4/h6-10H,1-5H3,(H2,26,27,28,29,30,32). The number of thiocarbonyl (C=S) groups is 1. The van der Waals surface area contributed by atoms with Crippen LogP contribution in [0.4, 0.5) is 33.5 Å². The summed E-state index contributed by atoms with van der Waals surface area (Å²) in [7, 11) is 4.39. The van der Waals surface area contributed by atoms with Crippen molar-refractivity contribution in [1.82, 2.24) is 15.0 Å². The van der Waals surface area contributed by atoms with Crippen LogP contribution >= 0.6 is 23.8 Å². The molecule has 11 nitrogen and oxygen atoms in total. The van der Waals surface area contributed by atoms with Gasteiger partial charge in [0, 0.05) is 12.1 Å². The van der Waals surface area contributed by atoms with Crippen molar-refractivity contribution in [3.63, 3.8) is 0 Å². The largest absolute Gasteiger partial charge is 0.493 e. The summed E-state index contributed by atoms with van der Waals surface area (Å²) in [5.74, 6) is 0.382. The van der Waals surface area contributed by atoms with Gasteiger partial charge < -0.3 is 29.6 Å². The third kappa shape index (κ3) is 5.13. The molecule has 3 aromatic rings. The average Bonchev–Trinajstić information content (AvgIpc) is 2.86. The van der Waals surface area contributed by atoms with Crippen LogP contribution < -0.4 is 34.5 Å². The molecule has 0 saturated carbocycles. The minimum atomic E-state index is -1.05. The van der Waals surface area contributed by atoms with Crippen molar-refractivity contribution in [1.29, 1.82) is 0 Å². The molecular formula is C23H22ClFN6O5S. The van der Waals surface area contributed by atoms with Gasteiger partial charge in [-0.1, -0.05) is 11.6 Å². The van der Waals surface area contributed by atoms with Gasteiger partial charge in [-0.3, -0.25) is 9.69 Å². The van der Waals surface area contributed by atoms with Gasteiger partial charge in [-0.15, -0.1) is 0 Å². The number of anilines is 5. The van der Waals surface area contributed by atoms with E-state index in [9.17, 15) is 9.18 Å². The molecule has 0 aliphatic carbocycles. The predicted octanol–water partition coefficient (Wildman–Crippen LogP) is 4.55. The molecule has 0 fully saturated rings. The summed E-state index contributed by atoms with van der Waals surface area (Å²) in [5, 5.41) is 5.45. The third-order valence-electron chi connectivity index (χ3n) is 5.26. The van der Waals surface area contributed by atoms with Crippen LogP contribution in [-0.4, -0.2) is 52.2 Å². The Morgan fingerprint density at radius 1 is 1.16 bits per heavy atom. The fourth-order valence-electron chi connectivity index (χ4n) is 3.43. The van der Waals surface area contributed by atoms with Crippen molar-refractivity contribution in [2.45, 2.75) is 19.4 Å². The normalized spacial score (nSPS) is 13.5. The lowest BCUT2D eigenvalue weighted by Gasteiger charge is -2.30. The molecule has 1 aromatic carbocycles. The molecule has 0 saturated heterocycles. The van der Waals surface area contributed by atoms with Crippen LogP contribution in [0.15, 0.2) is 30.5 Å². The monoisotopic (exact) mass is 548 g/mol. The number of hydrogen-bond donors (Lipinski definition) is 2. The van der Waals surface area contributed by atoms with Crippen molar-refractivity contribution >= 4 is 63.3 Å². The molecule has 0 spiro atoms. The second-order valence-electron chi connectivity index (χ2n) is 8.07. The number of carbonyl (C=O) groups is 1. The average molecular weight is 549 g/mol. The Kier molecular flexibility index (Phi) is 7.18. The molecule has 2 aromatic heterocycles. The molecule has 0 unspecified atom stereocenters. The maximum absolute atomic E-state index is 14.7. The SMILES string of the molecule is COc1cc(N(C(=S)Cl)c2ncc(F)c(Nc3ccc4c(n3)NC(=O)C(C)(C)O4)n2)cc(OC)c1OC. The summed E-state index contributed by atoms with van der Waals surface area (Å²) in [5.41, 5.74) is -0.672. The molecule has 194 valence electrons. The number of carbonyl (C=O) groups excluding carboxylic acids is 1. The first-order valence-corrected chi connectivity index (χ1v) is 11.5. The van der Waals surface area contributed by atoms with Gasteiger partial charge in [-0.2, -0.15) is 4.98 Å². The van der Waals surface area contributed by atoms with Crippen LogP contribution in [0.3, 0.4) is 0 Å². The van der Waals surface area contributed by atoms with Crippen molar-refractivity contribution in [3.8, 4) is 23.0 Å². The Morgan fingerprint density at radius 2 is 1.84 bits per heavy atom. The van der Waals surface area contributed by atoms with Crippen molar-refractivity contribution < 1.29 is 28.1 Å². The smallest absolute Gasteiger partial charge is 0.269 e. The number of hydrogen-bond acceptors (Lipinski definition) is 10. The molecule has 0 atom stereocenters. The quantitative estimate of drug-likeness (QED) is 0.246. The van der Waals surface area contributed by atoms with Crippen LogP contribution in [0.2, 0.25) is 0 Å². The molecule has 0 radical (unpaired) electrons. The van der Waals surface area contributed by atoms with E-state index in [1.165, 1.54) is 26.2 Å². The van der Waals surface area contributed by atoms with Gasteiger partial charge in [0.05, 0.1) is 33.2 Å². The van der Waals surface area contributed by atoms with Crippen LogP contribution in [0.5, 0.6) is 23.0 Å². The van der Waals surface area contributed by atoms with Crippen LogP contribution in [0.1, 0.15) is 13.8 Å². The minimum absolute atomic E-state index is 0.0467. The maximum atomic E-state index is 14.7. The molecule has 1 amide bonds. The highest BCUT2D eigenvalue weighted by Crippen LogP contribution is 2.42. The highest BCUT2D eigenvalue weighted by molar-refractivity contribution is 7.83. The first-order valence-electron chi connectivity index (χ1n) is 10.7. The molecule has 3 heterocycles. The van der Waals surface area contributed by atoms with E-state index < -0.39 is 11.4 Å². The number of rotatable bonds is 7. The molecule has 2 N–H and O–H groups in total. The number of nitrogens with zero attached hydrogens (tertiary/aromatic N) is 4. The Hall–Kier alpha value is -3.97. The van der Waals surface area contributed by atoms with Gasteiger partial charge >= 0.3 is 0 Å². The van der Waals surface area contributed by atoms with E-state index in [0.717, 1.165) is 6.20 Å². The van der Waals surface area contributed by atoms with E-state index in [2.05, 4.69) is 25.6 Å². The van der Waals surface area contributed by atoms with Gasteiger partial charge in [0.15, 0.2) is 44.8 Å². The number of benzene rings is 1. The highest BCUT2D eigenvalue weighted by atomic mass is 35.5. The Morgan fingerprint density at radius 3 is 2.43 bits per heavy atom. The molecule has 37 heavy (non-hydrogen) atoms. The van der Waals surface area contributed by atoms with Crippen LogP contribution in [0, 0.1) is 5.82 Å². The third-order valence-corrected chi connectivity index (χ3v) is 5.62. The van der Waals surface area contributed by atoms with Crippen LogP contribution in [0.25, 0.3) is 0 Å². The summed E-state index contributed by atoms with van der Waals surface area (Å²) < 4.78 is 36.4. The number of amides is 1. The Balaban J connectivity index is 1.70. The Bertz CT molecular complexity index is 1370. The number of fused-ring (bicyclic) bond motifs is 1. The highest BCUT2D eigenvalue weighted by Gasteiger charge is 2.36. The van der Waals surface area contributed by atoms with E-state index in [4.69, 9.17) is 42.8 Å². The van der Waals surface area contributed by atoms with E-state index in [1.54, 1.807) is 38.1 Å². The van der Waals surface area contributed by atoms with E-state index in [0.29, 0.717) is 28.7 Å². The second kappa shape index (κ2) is 10.2. The number of ether oxygens (including phenoxy) is 4. The van der Waals surface area contributed by atoms with Crippen molar-refractivity contribution in [2.75, 3.05) is 36.9 Å². The summed E-state index contributed by atoms with van der Waals surface area (Å²) >= 11 is 11.5. The molecule has 0 bridgehead atoms. The molecule has 14 heteroatoms. The number of aromatic nitrogens is 3. The lowest BCUT2D eigenvalue weighted by Crippen LogP contribution is -2.46. The summed E-state index contributed by atoms with van der Waals surface area (Å²) in [6, 6.07) is 6.33. The fraction of sp³-hybridized carbons (Fsp3) is 0.261. The number of pyridine rings is 1. The maximum Gasteiger partial charge on any atom is 0.269 e. The second-order valence-corrected chi connectivity index (χ2v) is 9.04. The van der Waals surface area contributed by atoms with Gasteiger partial charge in [0.25, 0.3) is 5.91 Å². The predicted molar refractivity (Wildman–Crippen MR) is 140 cm³/mol. The number of halogens is 2. The van der Waals surface area contributed by atoms with Gasteiger partial charge in [0.2, 0.25) is 11.7 Å². The molecule has 4 rings (SSSR count). The summed E-state index contributed by atoms with van der Waals surface area (Å²) in [4.78, 5) is 26.1. The molecule has 1 aliphatic rings. The minimum Gasteiger partial charge on any atom is -0.493 e. The lowest BCUT2D eigenvalue weighted by atomic mass is 10.1. The zero-order valence-electron chi connectivity index (χ0n) is 20.4. The lowest BCUT2D eigenvalue weighted by molar-refractivity contribution is -0.129. The Labute approximate surface area is 221 Å². The number of nitrogens with one attached hydrogen (secondary N) is 2. The van der Waals surface area contributed by atoms with Gasteiger partial charge in [0.1, 0.15) is 5.82 Å². The van der Waals surface area contributed by atoms with E-state index >= 15 is 0 Å². The fourth-order valence-corrected chi connectivity index (χ4v) is 3.79. The summed E-state index contributed by atoms with van der Waals surface area (Å²) in [6.07, 6.45) is 0.955. The summed E-state index contributed by atoms with van der Waals surface area (Å²) in [6.45, 7) is 3.27. The topological polar surface area (TPSA) is 120 Å². The molecular weight excluding hydrogens is 527 g/mol. The van der Waals surface area contributed by atoms with Gasteiger partial charge in [-0.05, 0) is 38.2 Å². The number of methoxy groups -OCH3 is 3. The van der Waals surface area contributed by atoms with Gasteiger partial charge in [-0.25, -0.2) is 14.4 Å². The van der Waals surface area contributed by atoms with E-state index in [-0.39, 0.29) is 33.8 Å². The van der Waals surface area contributed by atoms with Crippen molar-refractivity contribution in [3.05, 3.63) is 36.3 Å². The first kappa shape index (κ1) is 26.1. The van der Waals surface area contributed by atoms with E-state index in [1.807, 2.05) is 0 Å². The van der Waals surface area contributed by atoms with Crippen LogP contribution in [-0.2, 0) is 4.79 Å². The zero-order valence-corrected chi connectivity index (χ0v) is 22.0. The zero-order chi connectivity index (χ0) is 26.9. The molecule has 1 aliphatic heterocycles. The van der Waals surface area contributed by atoms with Crippen molar-refractivity contribution in [2.24, 2.45) is 0 Å².